The Bertz CT molecular complexity index is 305. The van der Waals surface area contributed by atoms with Crippen molar-refractivity contribution in [1.29, 1.82) is 0 Å². The third-order valence-electron chi connectivity index (χ3n) is 6.24. The standard InChI is InChI=1S/C18H36N2/c1-13-7-6-8-18(12-13,20(4)5)17(19)16-10-14(2)9-15(3)11-16/h13-17H,6-12,19H2,1-5H3. The summed E-state index contributed by atoms with van der Waals surface area (Å²) in [4.78, 5) is 2.47. The second kappa shape index (κ2) is 6.36. The maximum absolute atomic E-state index is 6.90. The zero-order valence-electron chi connectivity index (χ0n) is 14.4. The van der Waals surface area contributed by atoms with E-state index in [1.165, 1.54) is 44.9 Å². The molecule has 0 bridgehead atoms. The Morgan fingerprint density at radius 3 is 2.10 bits per heavy atom. The Morgan fingerprint density at radius 2 is 1.60 bits per heavy atom. The highest BCUT2D eigenvalue weighted by atomic mass is 15.2. The van der Waals surface area contributed by atoms with Gasteiger partial charge in [0.25, 0.3) is 0 Å². The molecule has 0 amide bonds. The van der Waals surface area contributed by atoms with E-state index < -0.39 is 0 Å². The molecule has 0 heterocycles. The van der Waals surface area contributed by atoms with Gasteiger partial charge in [0, 0.05) is 11.6 Å². The predicted octanol–water partition coefficient (Wildman–Crippen LogP) is 3.90. The van der Waals surface area contributed by atoms with Crippen LogP contribution >= 0.6 is 0 Å². The van der Waals surface area contributed by atoms with Gasteiger partial charge in [-0.1, -0.05) is 33.6 Å². The number of likely N-dealkylation sites (N-methyl/N-ethyl adjacent to an activating group) is 1. The Balaban J connectivity index is 2.16. The van der Waals surface area contributed by atoms with Crippen molar-refractivity contribution < 1.29 is 0 Å². The van der Waals surface area contributed by atoms with E-state index in [1.807, 2.05) is 0 Å². The van der Waals surface area contributed by atoms with Gasteiger partial charge in [-0.25, -0.2) is 0 Å². The van der Waals surface area contributed by atoms with Gasteiger partial charge in [0.05, 0.1) is 0 Å². The molecule has 0 aromatic heterocycles. The molecule has 118 valence electrons. The molecule has 0 saturated heterocycles. The van der Waals surface area contributed by atoms with Crippen molar-refractivity contribution in [2.45, 2.75) is 77.3 Å². The van der Waals surface area contributed by atoms with Crippen molar-refractivity contribution in [2.75, 3.05) is 14.1 Å². The fourth-order valence-electron chi connectivity index (χ4n) is 5.31. The minimum Gasteiger partial charge on any atom is -0.326 e. The van der Waals surface area contributed by atoms with Crippen LogP contribution < -0.4 is 5.73 Å². The lowest BCUT2D eigenvalue weighted by Crippen LogP contribution is -2.62. The molecule has 2 nitrogen and oxygen atoms in total. The third kappa shape index (κ3) is 3.22. The Labute approximate surface area is 126 Å². The lowest BCUT2D eigenvalue weighted by molar-refractivity contribution is 0.0141. The molecule has 0 aliphatic heterocycles. The van der Waals surface area contributed by atoms with Crippen molar-refractivity contribution in [2.24, 2.45) is 29.4 Å². The van der Waals surface area contributed by atoms with Crippen LogP contribution in [-0.4, -0.2) is 30.6 Å². The van der Waals surface area contributed by atoms with Crippen LogP contribution in [0.4, 0.5) is 0 Å². The predicted molar refractivity (Wildman–Crippen MR) is 87.7 cm³/mol. The van der Waals surface area contributed by atoms with E-state index in [-0.39, 0.29) is 5.54 Å². The molecule has 2 N–H and O–H groups in total. The molecule has 2 fully saturated rings. The van der Waals surface area contributed by atoms with Gasteiger partial charge in [0.1, 0.15) is 0 Å². The van der Waals surface area contributed by atoms with Gasteiger partial charge in [-0.15, -0.1) is 0 Å². The molecule has 2 aliphatic rings. The second-order valence-electron chi connectivity index (χ2n) is 8.40. The summed E-state index contributed by atoms with van der Waals surface area (Å²) >= 11 is 0. The number of nitrogens with zero attached hydrogens (tertiary/aromatic N) is 1. The van der Waals surface area contributed by atoms with Crippen LogP contribution in [0.5, 0.6) is 0 Å². The van der Waals surface area contributed by atoms with Crippen LogP contribution in [0.2, 0.25) is 0 Å². The van der Waals surface area contributed by atoms with Gasteiger partial charge in [0.2, 0.25) is 0 Å². The first-order valence-corrected chi connectivity index (χ1v) is 8.78. The van der Waals surface area contributed by atoms with Gasteiger partial charge >= 0.3 is 0 Å². The van der Waals surface area contributed by atoms with Crippen LogP contribution in [0.1, 0.15) is 65.7 Å². The Kier molecular flexibility index (Phi) is 5.18. The van der Waals surface area contributed by atoms with E-state index >= 15 is 0 Å². The maximum atomic E-state index is 6.90. The van der Waals surface area contributed by atoms with Gasteiger partial charge in [-0.3, -0.25) is 0 Å². The van der Waals surface area contributed by atoms with E-state index in [4.69, 9.17) is 5.73 Å². The summed E-state index contributed by atoms with van der Waals surface area (Å²) < 4.78 is 0. The molecular weight excluding hydrogens is 244 g/mol. The molecule has 0 aromatic carbocycles. The van der Waals surface area contributed by atoms with Crippen LogP contribution in [-0.2, 0) is 0 Å². The first-order valence-electron chi connectivity index (χ1n) is 8.78. The van der Waals surface area contributed by atoms with E-state index in [0.29, 0.717) is 6.04 Å². The normalized spacial score (nSPS) is 44.5. The molecule has 0 aromatic rings. The number of rotatable bonds is 3. The van der Waals surface area contributed by atoms with Crippen LogP contribution in [0.3, 0.4) is 0 Å². The summed E-state index contributed by atoms with van der Waals surface area (Å²) in [7, 11) is 4.52. The highest BCUT2D eigenvalue weighted by Gasteiger charge is 2.46. The molecule has 2 heteroatoms. The maximum Gasteiger partial charge on any atom is 0.0359 e. The smallest absolute Gasteiger partial charge is 0.0359 e. The quantitative estimate of drug-likeness (QED) is 0.849. The zero-order valence-corrected chi connectivity index (χ0v) is 14.4. The van der Waals surface area contributed by atoms with Crippen molar-refractivity contribution >= 4 is 0 Å². The molecular formula is C18H36N2. The summed E-state index contributed by atoms with van der Waals surface area (Å²) in [5.41, 5.74) is 7.15. The van der Waals surface area contributed by atoms with Gasteiger partial charge in [-0.05, 0) is 69.9 Å². The first kappa shape index (κ1) is 16.3. The molecule has 2 saturated carbocycles. The van der Waals surface area contributed by atoms with Crippen molar-refractivity contribution in [1.82, 2.24) is 4.90 Å². The van der Waals surface area contributed by atoms with E-state index in [9.17, 15) is 0 Å². The van der Waals surface area contributed by atoms with E-state index in [0.717, 1.165) is 23.7 Å². The van der Waals surface area contributed by atoms with Crippen molar-refractivity contribution in [3.05, 3.63) is 0 Å². The highest BCUT2D eigenvalue weighted by molar-refractivity contribution is 5.04. The largest absolute Gasteiger partial charge is 0.326 e. The summed E-state index contributed by atoms with van der Waals surface area (Å²) in [5.74, 6) is 3.27. The van der Waals surface area contributed by atoms with Crippen LogP contribution in [0.15, 0.2) is 0 Å². The summed E-state index contributed by atoms with van der Waals surface area (Å²) in [6.45, 7) is 7.25. The zero-order chi connectivity index (χ0) is 14.9. The molecule has 5 unspecified atom stereocenters. The van der Waals surface area contributed by atoms with Crippen molar-refractivity contribution in [3.8, 4) is 0 Å². The van der Waals surface area contributed by atoms with Crippen molar-refractivity contribution in [3.63, 3.8) is 0 Å². The van der Waals surface area contributed by atoms with Crippen LogP contribution in [0.25, 0.3) is 0 Å². The third-order valence-corrected chi connectivity index (χ3v) is 6.24. The summed E-state index contributed by atoms with van der Waals surface area (Å²) in [6, 6.07) is 0.352. The number of hydrogen-bond donors (Lipinski definition) is 1. The average molecular weight is 281 g/mol. The fraction of sp³-hybridized carbons (Fsp3) is 1.00. The molecule has 0 spiro atoms. The molecule has 0 radical (unpaired) electrons. The molecule has 20 heavy (non-hydrogen) atoms. The lowest BCUT2D eigenvalue weighted by atomic mass is 9.64. The second-order valence-corrected chi connectivity index (χ2v) is 8.40. The Hall–Kier alpha value is -0.0800. The highest BCUT2D eigenvalue weighted by Crippen LogP contribution is 2.44. The molecule has 2 rings (SSSR count). The minimum absolute atomic E-state index is 0.249. The number of nitrogens with two attached hydrogens (primary N) is 1. The van der Waals surface area contributed by atoms with E-state index in [1.54, 1.807) is 0 Å². The monoisotopic (exact) mass is 280 g/mol. The fourth-order valence-corrected chi connectivity index (χ4v) is 5.31. The molecule has 5 atom stereocenters. The van der Waals surface area contributed by atoms with Gasteiger partial charge < -0.3 is 10.6 Å². The van der Waals surface area contributed by atoms with Crippen LogP contribution in [0, 0.1) is 23.7 Å². The minimum atomic E-state index is 0.249. The SMILES string of the molecule is CC1CC(C)CC(C(N)C2(N(C)C)CCCC(C)C2)C1. The Morgan fingerprint density at radius 1 is 1.00 bits per heavy atom. The topological polar surface area (TPSA) is 29.3 Å². The van der Waals surface area contributed by atoms with E-state index in [2.05, 4.69) is 39.8 Å². The lowest BCUT2D eigenvalue weighted by Gasteiger charge is -2.52. The summed E-state index contributed by atoms with van der Waals surface area (Å²) in [6.07, 6.45) is 9.41. The molecule has 2 aliphatic carbocycles. The number of hydrogen-bond acceptors (Lipinski definition) is 2. The van der Waals surface area contributed by atoms with Gasteiger partial charge in [-0.2, -0.15) is 0 Å². The summed E-state index contributed by atoms with van der Waals surface area (Å²) in [5, 5.41) is 0. The van der Waals surface area contributed by atoms with Gasteiger partial charge in [0.15, 0.2) is 0 Å². The average Bonchev–Trinajstić information content (AvgIpc) is 2.36. The first-order chi connectivity index (χ1) is 9.35.